The summed E-state index contributed by atoms with van der Waals surface area (Å²) in [6, 6.07) is 8.90. The number of nitrogens with zero attached hydrogens (tertiary/aromatic N) is 2. The summed E-state index contributed by atoms with van der Waals surface area (Å²) >= 11 is 0. The first kappa shape index (κ1) is 15.3. The Morgan fingerprint density at radius 1 is 1.24 bits per heavy atom. The van der Waals surface area contributed by atoms with E-state index in [1.165, 1.54) is 0 Å². The van der Waals surface area contributed by atoms with Gasteiger partial charge in [-0.3, -0.25) is 9.48 Å². The Bertz CT molecular complexity index is 631. The van der Waals surface area contributed by atoms with E-state index in [-0.39, 0.29) is 11.9 Å². The number of anilines is 1. The van der Waals surface area contributed by atoms with Crippen LogP contribution in [-0.2, 0) is 4.79 Å². The fourth-order valence-corrected chi connectivity index (χ4v) is 2.36. The van der Waals surface area contributed by atoms with Crippen LogP contribution in [0.5, 0.6) is 0 Å². The lowest BCUT2D eigenvalue weighted by Gasteiger charge is -2.13. The topological polar surface area (TPSA) is 72.9 Å². The third-order valence-electron chi connectivity index (χ3n) is 3.50. The van der Waals surface area contributed by atoms with Gasteiger partial charge in [-0.2, -0.15) is 5.10 Å². The maximum Gasteiger partial charge on any atom is 0.245 e. The lowest BCUT2D eigenvalue weighted by molar-refractivity contribution is -0.117. The van der Waals surface area contributed by atoms with Crippen molar-refractivity contribution in [2.75, 3.05) is 5.32 Å². The molecule has 0 radical (unpaired) electrons. The highest BCUT2D eigenvalue weighted by molar-refractivity contribution is 5.96. The second-order valence-electron chi connectivity index (χ2n) is 5.46. The van der Waals surface area contributed by atoms with Gasteiger partial charge in [0.1, 0.15) is 6.04 Å². The number of aryl methyl sites for hydroxylation is 1. The Hall–Kier alpha value is -2.14. The van der Waals surface area contributed by atoms with Crippen molar-refractivity contribution in [1.82, 2.24) is 9.78 Å². The first-order valence-electron chi connectivity index (χ1n) is 7.09. The number of nitrogens with one attached hydrogen (secondary N) is 1. The number of benzene rings is 1. The van der Waals surface area contributed by atoms with Crippen molar-refractivity contribution < 1.29 is 4.79 Å². The molecular formula is C16H22N4O. The van der Waals surface area contributed by atoms with Gasteiger partial charge in [0.2, 0.25) is 5.91 Å². The molecule has 5 heteroatoms. The summed E-state index contributed by atoms with van der Waals surface area (Å²) < 4.78 is 1.90. The van der Waals surface area contributed by atoms with Crippen molar-refractivity contribution >= 4 is 11.6 Å². The van der Waals surface area contributed by atoms with Gasteiger partial charge in [0.25, 0.3) is 0 Å². The minimum absolute atomic E-state index is 0.226. The highest BCUT2D eigenvalue weighted by Crippen LogP contribution is 2.23. The molecule has 0 aliphatic rings. The quantitative estimate of drug-likeness (QED) is 0.907. The van der Waals surface area contributed by atoms with Crippen LogP contribution in [0.2, 0.25) is 0 Å². The summed E-state index contributed by atoms with van der Waals surface area (Å²) in [5.74, 6) is -0.226. The van der Waals surface area contributed by atoms with Gasteiger partial charge < -0.3 is 11.1 Å². The van der Waals surface area contributed by atoms with Gasteiger partial charge >= 0.3 is 0 Å². The Kier molecular flexibility index (Phi) is 4.43. The predicted octanol–water partition coefficient (Wildman–Crippen LogP) is 2.72. The fraction of sp³-hybridized carbons (Fsp3) is 0.375. The molecule has 0 bridgehead atoms. The number of carbonyl (C=O) groups is 1. The molecule has 5 nitrogen and oxygen atoms in total. The number of amides is 1. The van der Waals surface area contributed by atoms with E-state index in [0.717, 1.165) is 22.6 Å². The van der Waals surface area contributed by atoms with Crippen molar-refractivity contribution in [3.63, 3.8) is 0 Å². The van der Waals surface area contributed by atoms with Crippen LogP contribution in [-0.4, -0.2) is 15.7 Å². The second-order valence-corrected chi connectivity index (χ2v) is 5.46. The van der Waals surface area contributed by atoms with E-state index in [2.05, 4.69) is 24.3 Å². The van der Waals surface area contributed by atoms with E-state index in [0.29, 0.717) is 0 Å². The average molecular weight is 286 g/mol. The van der Waals surface area contributed by atoms with Gasteiger partial charge in [0.05, 0.1) is 17.1 Å². The largest absolute Gasteiger partial charge is 0.321 e. The van der Waals surface area contributed by atoms with Crippen molar-refractivity contribution in [3.8, 4) is 0 Å². The molecule has 112 valence electrons. The molecule has 0 spiro atoms. The Balaban J connectivity index is 2.21. The monoisotopic (exact) mass is 286 g/mol. The van der Waals surface area contributed by atoms with E-state index in [9.17, 15) is 4.79 Å². The summed E-state index contributed by atoms with van der Waals surface area (Å²) in [5, 5.41) is 7.36. The van der Waals surface area contributed by atoms with E-state index in [1.54, 1.807) is 0 Å². The molecule has 0 aliphatic carbocycles. The lowest BCUT2D eigenvalue weighted by Crippen LogP contribution is -2.28. The summed E-state index contributed by atoms with van der Waals surface area (Å²) in [6.45, 7) is 7.95. The summed E-state index contributed by atoms with van der Waals surface area (Å²) in [4.78, 5) is 12.3. The standard InChI is InChI=1S/C16H22N4O/c1-10(2)20-12(4)15(11(3)19-20)18-16(21)14(17)13-8-6-5-7-9-13/h5-10,14H,17H2,1-4H3,(H,18,21)/t14-/m0/s1. The minimum Gasteiger partial charge on any atom is -0.321 e. The molecule has 1 aromatic carbocycles. The van der Waals surface area contributed by atoms with Crippen LogP contribution in [0, 0.1) is 13.8 Å². The molecule has 0 aliphatic heterocycles. The van der Waals surface area contributed by atoms with Gasteiger partial charge in [-0.25, -0.2) is 0 Å². The average Bonchev–Trinajstić information content (AvgIpc) is 2.75. The zero-order valence-corrected chi connectivity index (χ0v) is 12.9. The Labute approximate surface area is 125 Å². The third-order valence-corrected chi connectivity index (χ3v) is 3.50. The van der Waals surface area contributed by atoms with Crippen LogP contribution >= 0.6 is 0 Å². The third kappa shape index (κ3) is 3.13. The Morgan fingerprint density at radius 2 is 1.86 bits per heavy atom. The van der Waals surface area contributed by atoms with Crippen LogP contribution < -0.4 is 11.1 Å². The number of rotatable bonds is 4. The first-order chi connectivity index (χ1) is 9.91. The Morgan fingerprint density at radius 3 is 2.38 bits per heavy atom. The molecule has 1 heterocycles. The van der Waals surface area contributed by atoms with Crippen LogP contribution in [0.4, 0.5) is 5.69 Å². The summed E-state index contributed by atoms with van der Waals surface area (Å²) in [5.41, 5.74) is 9.30. The molecule has 0 fully saturated rings. The molecule has 2 aromatic rings. The second kappa shape index (κ2) is 6.10. The molecule has 0 saturated heterocycles. The van der Waals surface area contributed by atoms with Gasteiger partial charge in [-0.15, -0.1) is 0 Å². The molecule has 1 aromatic heterocycles. The molecule has 1 amide bonds. The number of nitrogens with two attached hydrogens (primary N) is 1. The molecule has 2 rings (SSSR count). The minimum atomic E-state index is -0.688. The molecule has 0 unspecified atom stereocenters. The maximum atomic E-state index is 12.3. The SMILES string of the molecule is Cc1nn(C(C)C)c(C)c1NC(=O)[C@@H](N)c1ccccc1. The molecule has 0 saturated carbocycles. The van der Waals surface area contributed by atoms with Crippen LogP contribution in [0.15, 0.2) is 30.3 Å². The maximum absolute atomic E-state index is 12.3. The predicted molar refractivity (Wildman–Crippen MR) is 84.1 cm³/mol. The van der Waals surface area contributed by atoms with Gasteiger partial charge in [-0.05, 0) is 33.3 Å². The van der Waals surface area contributed by atoms with E-state index < -0.39 is 6.04 Å². The normalized spacial score (nSPS) is 12.5. The van der Waals surface area contributed by atoms with Crippen LogP contribution in [0.25, 0.3) is 0 Å². The molecule has 3 N–H and O–H groups in total. The number of hydrogen-bond acceptors (Lipinski definition) is 3. The van der Waals surface area contributed by atoms with Crippen LogP contribution in [0.3, 0.4) is 0 Å². The van der Waals surface area contributed by atoms with Gasteiger partial charge in [-0.1, -0.05) is 30.3 Å². The number of aromatic nitrogens is 2. The van der Waals surface area contributed by atoms with Gasteiger partial charge in [0.15, 0.2) is 0 Å². The van der Waals surface area contributed by atoms with E-state index in [1.807, 2.05) is 48.9 Å². The lowest BCUT2D eigenvalue weighted by atomic mass is 10.1. The van der Waals surface area contributed by atoms with Crippen LogP contribution in [0.1, 0.15) is 42.9 Å². The summed E-state index contributed by atoms with van der Waals surface area (Å²) in [6.07, 6.45) is 0. The zero-order valence-electron chi connectivity index (χ0n) is 12.9. The highest BCUT2D eigenvalue weighted by atomic mass is 16.2. The smallest absolute Gasteiger partial charge is 0.245 e. The zero-order chi connectivity index (χ0) is 15.6. The van der Waals surface area contributed by atoms with Crippen molar-refractivity contribution in [3.05, 3.63) is 47.3 Å². The molecule has 1 atom stereocenters. The highest BCUT2D eigenvalue weighted by Gasteiger charge is 2.20. The van der Waals surface area contributed by atoms with Crippen molar-refractivity contribution in [2.45, 2.75) is 39.8 Å². The van der Waals surface area contributed by atoms with Crippen molar-refractivity contribution in [2.24, 2.45) is 5.73 Å². The molecular weight excluding hydrogens is 264 g/mol. The van der Waals surface area contributed by atoms with E-state index in [4.69, 9.17) is 5.73 Å². The first-order valence-corrected chi connectivity index (χ1v) is 7.09. The summed E-state index contributed by atoms with van der Waals surface area (Å²) in [7, 11) is 0. The van der Waals surface area contributed by atoms with E-state index >= 15 is 0 Å². The number of hydrogen-bond donors (Lipinski definition) is 2. The number of carbonyl (C=O) groups excluding carboxylic acids is 1. The fourth-order valence-electron chi connectivity index (χ4n) is 2.36. The van der Waals surface area contributed by atoms with Gasteiger partial charge in [0, 0.05) is 6.04 Å². The van der Waals surface area contributed by atoms with Crippen molar-refractivity contribution in [1.29, 1.82) is 0 Å². The molecule has 21 heavy (non-hydrogen) atoms.